The number of nitrogens with one attached hydrogen (secondary N) is 1. The van der Waals surface area contributed by atoms with Crippen LogP contribution in [0.15, 0.2) is 53.0 Å². The Morgan fingerprint density at radius 1 is 1.21 bits per heavy atom. The van der Waals surface area contributed by atoms with Crippen molar-refractivity contribution < 1.29 is 13.9 Å². The Balaban J connectivity index is 1.89. The first-order chi connectivity index (χ1) is 9.15. The molecule has 0 aliphatic rings. The zero-order valence-electron chi connectivity index (χ0n) is 9.90. The van der Waals surface area contributed by atoms with Gasteiger partial charge in [0.25, 0.3) is 0 Å². The van der Waals surface area contributed by atoms with Gasteiger partial charge in [-0.1, -0.05) is 30.3 Å². The van der Waals surface area contributed by atoms with E-state index in [9.17, 15) is 9.18 Å². The van der Waals surface area contributed by atoms with Crippen molar-refractivity contribution in [1.29, 1.82) is 0 Å². The molecule has 0 radical (unpaired) electrons. The molecule has 5 heteroatoms. The van der Waals surface area contributed by atoms with Crippen LogP contribution in [-0.2, 0) is 11.3 Å². The highest BCUT2D eigenvalue weighted by Gasteiger charge is 2.06. The fourth-order valence-electron chi connectivity index (χ4n) is 1.45. The number of carbonyl (C=O) groups is 1. The molecule has 0 spiro atoms. The predicted molar refractivity (Wildman–Crippen MR) is 74.3 cm³/mol. The summed E-state index contributed by atoms with van der Waals surface area (Å²) >= 11 is 3.04. The van der Waals surface area contributed by atoms with E-state index in [0.717, 1.165) is 5.56 Å². The molecular formula is C14H11BrFNO2. The van der Waals surface area contributed by atoms with Crippen LogP contribution in [0.2, 0.25) is 0 Å². The Morgan fingerprint density at radius 3 is 2.63 bits per heavy atom. The smallest absolute Gasteiger partial charge is 0.411 e. The second kappa shape index (κ2) is 6.33. The maximum absolute atomic E-state index is 13.0. The lowest BCUT2D eigenvalue weighted by Gasteiger charge is -2.07. The van der Waals surface area contributed by atoms with Crippen molar-refractivity contribution in [2.45, 2.75) is 6.61 Å². The molecule has 19 heavy (non-hydrogen) atoms. The van der Waals surface area contributed by atoms with E-state index in [1.807, 2.05) is 30.3 Å². The van der Waals surface area contributed by atoms with Gasteiger partial charge in [0.05, 0.1) is 4.47 Å². The van der Waals surface area contributed by atoms with Gasteiger partial charge >= 0.3 is 6.09 Å². The molecule has 1 N–H and O–H groups in total. The van der Waals surface area contributed by atoms with Gasteiger partial charge in [0.15, 0.2) is 0 Å². The lowest BCUT2D eigenvalue weighted by atomic mass is 10.2. The molecular weight excluding hydrogens is 313 g/mol. The number of anilines is 1. The average molecular weight is 324 g/mol. The second-order valence-electron chi connectivity index (χ2n) is 3.82. The monoisotopic (exact) mass is 323 g/mol. The maximum Gasteiger partial charge on any atom is 0.411 e. The number of hydrogen-bond donors (Lipinski definition) is 1. The van der Waals surface area contributed by atoms with Gasteiger partial charge < -0.3 is 4.74 Å². The quantitative estimate of drug-likeness (QED) is 0.912. The zero-order valence-corrected chi connectivity index (χ0v) is 11.5. The summed E-state index contributed by atoms with van der Waals surface area (Å²) in [5.41, 5.74) is 1.37. The number of halogens is 2. The first-order valence-electron chi connectivity index (χ1n) is 5.58. The van der Waals surface area contributed by atoms with Crippen molar-refractivity contribution >= 4 is 27.7 Å². The van der Waals surface area contributed by atoms with Crippen LogP contribution >= 0.6 is 15.9 Å². The molecule has 0 atom stereocenters. The SMILES string of the molecule is O=C(Nc1ccc(F)c(Br)c1)OCc1ccccc1. The lowest BCUT2D eigenvalue weighted by Crippen LogP contribution is -2.13. The third-order valence-electron chi connectivity index (χ3n) is 2.38. The van der Waals surface area contributed by atoms with Crippen molar-refractivity contribution in [3.63, 3.8) is 0 Å². The maximum atomic E-state index is 13.0. The van der Waals surface area contributed by atoms with E-state index in [1.54, 1.807) is 0 Å². The van der Waals surface area contributed by atoms with Gasteiger partial charge in [-0.3, -0.25) is 5.32 Å². The topological polar surface area (TPSA) is 38.3 Å². The molecule has 0 bridgehead atoms. The summed E-state index contributed by atoms with van der Waals surface area (Å²) in [5.74, 6) is -0.386. The predicted octanol–water partition coefficient (Wildman–Crippen LogP) is 4.34. The summed E-state index contributed by atoms with van der Waals surface area (Å²) in [6.07, 6.45) is -0.581. The van der Waals surface area contributed by atoms with Crippen LogP contribution in [0.1, 0.15) is 5.56 Å². The van der Waals surface area contributed by atoms with Gasteiger partial charge in [-0.05, 0) is 39.7 Å². The lowest BCUT2D eigenvalue weighted by molar-refractivity contribution is 0.155. The standard InChI is InChI=1S/C14H11BrFNO2/c15-12-8-11(6-7-13(12)16)17-14(18)19-9-10-4-2-1-3-5-10/h1-8H,9H2,(H,17,18). The van der Waals surface area contributed by atoms with E-state index in [4.69, 9.17) is 4.74 Å². The Hall–Kier alpha value is -1.88. The van der Waals surface area contributed by atoms with Crippen molar-refractivity contribution in [3.8, 4) is 0 Å². The first-order valence-corrected chi connectivity index (χ1v) is 6.37. The van der Waals surface area contributed by atoms with Gasteiger partial charge in [0.1, 0.15) is 12.4 Å². The van der Waals surface area contributed by atoms with Gasteiger partial charge in [-0.2, -0.15) is 0 Å². The van der Waals surface area contributed by atoms with Crippen molar-refractivity contribution in [3.05, 3.63) is 64.4 Å². The summed E-state index contributed by atoms with van der Waals surface area (Å²) in [4.78, 5) is 11.5. The number of ether oxygens (including phenoxy) is 1. The van der Waals surface area contributed by atoms with E-state index < -0.39 is 6.09 Å². The van der Waals surface area contributed by atoms with E-state index in [-0.39, 0.29) is 16.9 Å². The van der Waals surface area contributed by atoms with Gasteiger partial charge in [0, 0.05) is 5.69 Å². The summed E-state index contributed by atoms with van der Waals surface area (Å²) < 4.78 is 18.3. The van der Waals surface area contributed by atoms with E-state index in [2.05, 4.69) is 21.2 Å². The number of carbonyl (C=O) groups excluding carboxylic acids is 1. The van der Waals surface area contributed by atoms with Crippen molar-refractivity contribution in [2.24, 2.45) is 0 Å². The largest absolute Gasteiger partial charge is 0.444 e. The molecule has 0 aliphatic carbocycles. The highest BCUT2D eigenvalue weighted by Crippen LogP contribution is 2.20. The van der Waals surface area contributed by atoms with E-state index in [0.29, 0.717) is 5.69 Å². The summed E-state index contributed by atoms with van der Waals surface area (Å²) in [6.45, 7) is 0.190. The van der Waals surface area contributed by atoms with Crippen LogP contribution in [0.4, 0.5) is 14.9 Å². The zero-order chi connectivity index (χ0) is 13.7. The summed E-state index contributed by atoms with van der Waals surface area (Å²) in [5, 5.41) is 2.52. The minimum Gasteiger partial charge on any atom is -0.444 e. The van der Waals surface area contributed by atoms with E-state index in [1.165, 1.54) is 18.2 Å². The molecule has 0 saturated heterocycles. The molecule has 1 amide bonds. The Bertz CT molecular complexity index is 575. The third kappa shape index (κ3) is 4.06. The van der Waals surface area contributed by atoms with Crippen LogP contribution in [-0.4, -0.2) is 6.09 Å². The van der Waals surface area contributed by atoms with Gasteiger partial charge in [0.2, 0.25) is 0 Å². The second-order valence-corrected chi connectivity index (χ2v) is 4.67. The van der Waals surface area contributed by atoms with Gasteiger partial charge in [-0.15, -0.1) is 0 Å². The minimum atomic E-state index is -0.581. The molecule has 98 valence electrons. The molecule has 0 saturated carbocycles. The fraction of sp³-hybridized carbons (Fsp3) is 0.0714. The molecule has 0 aliphatic heterocycles. The number of hydrogen-bond acceptors (Lipinski definition) is 2. The Morgan fingerprint density at radius 2 is 1.95 bits per heavy atom. The Kier molecular flexibility index (Phi) is 4.52. The molecule has 2 rings (SSSR count). The average Bonchev–Trinajstić information content (AvgIpc) is 2.42. The summed E-state index contributed by atoms with van der Waals surface area (Å²) in [6, 6.07) is 13.5. The fourth-order valence-corrected chi connectivity index (χ4v) is 1.83. The number of rotatable bonds is 3. The van der Waals surface area contributed by atoms with E-state index >= 15 is 0 Å². The molecule has 2 aromatic rings. The number of amides is 1. The van der Waals surface area contributed by atoms with Gasteiger partial charge in [-0.25, -0.2) is 9.18 Å². The molecule has 0 fully saturated rings. The summed E-state index contributed by atoms with van der Waals surface area (Å²) in [7, 11) is 0. The molecule has 0 heterocycles. The molecule has 0 unspecified atom stereocenters. The minimum absolute atomic E-state index is 0.190. The van der Waals surface area contributed by atoms with Crippen LogP contribution in [0.25, 0.3) is 0 Å². The van der Waals surface area contributed by atoms with Crippen LogP contribution < -0.4 is 5.32 Å². The first kappa shape index (κ1) is 13.5. The van der Waals surface area contributed by atoms with Crippen molar-refractivity contribution in [1.82, 2.24) is 0 Å². The van der Waals surface area contributed by atoms with Crippen LogP contribution in [0.5, 0.6) is 0 Å². The molecule has 2 aromatic carbocycles. The Labute approximate surface area is 118 Å². The van der Waals surface area contributed by atoms with Crippen molar-refractivity contribution in [2.75, 3.05) is 5.32 Å². The molecule has 3 nitrogen and oxygen atoms in total. The third-order valence-corrected chi connectivity index (χ3v) is 2.99. The molecule has 0 aromatic heterocycles. The van der Waals surface area contributed by atoms with Crippen LogP contribution in [0.3, 0.4) is 0 Å². The highest BCUT2D eigenvalue weighted by molar-refractivity contribution is 9.10. The normalized spacial score (nSPS) is 10.0. The van der Waals surface area contributed by atoms with Crippen LogP contribution in [0, 0.1) is 5.82 Å². The number of benzene rings is 2. The highest BCUT2D eigenvalue weighted by atomic mass is 79.9.